The lowest BCUT2D eigenvalue weighted by molar-refractivity contribution is -0.137. The number of alkyl halides is 3. The predicted octanol–water partition coefficient (Wildman–Crippen LogP) is 4.35. The van der Waals surface area contributed by atoms with Gasteiger partial charge in [0, 0.05) is 5.69 Å². The van der Waals surface area contributed by atoms with Crippen molar-refractivity contribution in [2.75, 3.05) is 5.32 Å². The van der Waals surface area contributed by atoms with E-state index in [1.165, 1.54) is 6.07 Å². The molecule has 4 rings (SSSR count). The quantitative estimate of drug-likeness (QED) is 0.588. The molecule has 2 heterocycles. The highest BCUT2D eigenvalue weighted by atomic mass is 19.4. The molecule has 126 valence electrons. The summed E-state index contributed by atoms with van der Waals surface area (Å²) in [7, 11) is 0. The first-order valence-electron chi connectivity index (χ1n) is 7.48. The number of hydrogen-bond donors (Lipinski definition) is 1. The van der Waals surface area contributed by atoms with Gasteiger partial charge in [0.1, 0.15) is 5.82 Å². The van der Waals surface area contributed by atoms with Crippen molar-refractivity contribution in [3.8, 4) is 0 Å². The second-order valence-electron chi connectivity index (χ2n) is 5.56. The lowest BCUT2D eigenvalue weighted by atomic mass is 10.2. The summed E-state index contributed by atoms with van der Waals surface area (Å²) in [6.45, 7) is 1.81. The van der Waals surface area contributed by atoms with E-state index >= 15 is 0 Å². The van der Waals surface area contributed by atoms with Crippen molar-refractivity contribution in [2.24, 2.45) is 0 Å². The fourth-order valence-corrected chi connectivity index (χ4v) is 2.72. The van der Waals surface area contributed by atoms with Gasteiger partial charge < -0.3 is 5.32 Å². The lowest BCUT2D eigenvalue weighted by Gasteiger charge is -2.12. The van der Waals surface area contributed by atoms with Gasteiger partial charge in [0.2, 0.25) is 5.65 Å². The van der Waals surface area contributed by atoms with Crippen LogP contribution in [0, 0.1) is 6.92 Å². The molecule has 0 aliphatic carbocycles. The SMILES string of the molecule is Cc1nnc2c(Nc3cccc(C(F)(F)F)c3)nc3ccccc3n12. The van der Waals surface area contributed by atoms with Gasteiger partial charge >= 0.3 is 6.18 Å². The van der Waals surface area contributed by atoms with Crippen LogP contribution in [0.1, 0.15) is 11.4 Å². The second kappa shape index (κ2) is 5.44. The Kier molecular flexibility index (Phi) is 3.34. The number of rotatable bonds is 2. The number of para-hydroxylation sites is 2. The zero-order valence-corrected chi connectivity index (χ0v) is 13.0. The minimum Gasteiger partial charge on any atom is -0.337 e. The Labute approximate surface area is 140 Å². The Hall–Kier alpha value is -3.16. The highest BCUT2D eigenvalue weighted by Crippen LogP contribution is 2.32. The fraction of sp³-hybridized carbons (Fsp3) is 0.118. The van der Waals surface area contributed by atoms with Gasteiger partial charge in [-0.1, -0.05) is 18.2 Å². The molecule has 0 saturated heterocycles. The number of aryl methyl sites for hydroxylation is 1. The first-order valence-corrected chi connectivity index (χ1v) is 7.48. The van der Waals surface area contributed by atoms with Crippen molar-refractivity contribution >= 4 is 28.2 Å². The summed E-state index contributed by atoms with van der Waals surface area (Å²) in [5.74, 6) is 1.01. The molecule has 8 heteroatoms. The van der Waals surface area contributed by atoms with Crippen LogP contribution in [0.2, 0.25) is 0 Å². The molecule has 2 aromatic carbocycles. The largest absolute Gasteiger partial charge is 0.416 e. The van der Waals surface area contributed by atoms with E-state index in [0.717, 1.165) is 17.6 Å². The Bertz CT molecular complexity index is 1080. The molecule has 0 atom stereocenters. The molecule has 0 unspecified atom stereocenters. The first kappa shape index (κ1) is 15.4. The molecule has 0 radical (unpaired) electrons. The molecule has 0 aliphatic heterocycles. The van der Waals surface area contributed by atoms with E-state index in [9.17, 15) is 13.2 Å². The summed E-state index contributed by atoms with van der Waals surface area (Å²) in [5, 5.41) is 11.1. The number of anilines is 2. The Morgan fingerprint density at radius 1 is 1.00 bits per heavy atom. The highest BCUT2D eigenvalue weighted by molar-refractivity contribution is 5.84. The maximum absolute atomic E-state index is 12.9. The number of nitrogens with zero attached hydrogens (tertiary/aromatic N) is 4. The molecular weight excluding hydrogens is 331 g/mol. The number of halogens is 3. The molecular formula is C17H12F3N5. The molecule has 0 saturated carbocycles. The summed E-state index contributed by atoms with van der Waals surface area (Å²) >= 11 is 0. The monoisotopic (exact) mass is 343 g/mol. The Balaban J connectivity index is 1.87. The molecule has 0 fully saturated rings. The fourth-order valence-electron chi connectivity index (χ4n) is 2.72. The van der Waals surface area contributed by atoms with E-state index in [1.54, 1.807) is 13.0 Å². The van der Waals surface area contributed by atoms with Crippen LogP contribution in [0.3, 0.4) is 0 Å². The van der Waals surface area contributed by atoms with E-state index in [2.05, 4.69) is 20.5 Å². The molecule has 1 N–H and O–H groups in total. The van der Waals surface area contributed by atoms with Crippen LogP contribution in [-0.4, -0.2) is 19.6 Å². The molecule has 2 aromatic heterocycles. The number of fused-ring (bicyclic) bond motifs is 3. The summed E-state index contributed by atoms with van der Waals surface area (Å²) in [4.78, 5) is 4.49. The maximum atomic E-state index is 12.9. The van der Waals surface area contributed by atoms with Gasteiger partial charge in [0.25, 0.3) is 0 Å². The van der Waals surface area contributed by atoms with Crippen molar-refractivity contribution in [3.05, 3.63) is 59.9 Å². The van der Waals surface area contributed by atoms with E-state index in [-0.39, 0.29) is 5.69 Å². The van der Waals surface area contributed by atoms with Gasteiger partial charge in [0.15, 0.2) is 5.82 Å². The van der Waals surface area contributed by atoms with Gasteiger partial charge in [-0.2, -0.15) is 13.2 Å². The number of benzene rings is 2. The zero-order valence-electron chi connectivity index (χ0n) is 13.0. The van der Waals surface area contributed by atoms with Crippen molar-refractivity contribution in [1.29, 1.82) is 0 Å². The summed E-state index contributed by atoms with van der Waals surface area (Å²) in [6.07, 6.45) is -4.41. The van der Waals surface area contributed by atoms with E-state index in [4.69, 9.17) is 0 Å². The summed E-state index contributed by atoms with van der Waals surface area (Å²) in [6, 6.07) is 12.4. The maximum Gasteiger partial charge on any atom is 0.416 e. The standard InChI is InChI=1S/C17H12F3N5/c1-10-23-24-16-15(22-13-7-2-3-8-14(13)25(10)16)21-12-6-4-5-11(9-12)17(18,19)20/h2-9H,1H3,(H,21,22). The molecule has 0 spiro atoms. The van der Waals surface area contributed by atoms with Crippen molar-refractivity contribution in [1.82, 2.24) is 19.6 Å². The number of aromatic nitrogens is 4. The van der Waals surface area contributed by atoms with Crippen LogP contribution in [-0.2, 0) is 6.18 Å². The summed E-state index contributed by atoms with van der Waals surface area (Å²) in [5.41, 5.74) is 1.52. The van der Waals surface area contributed by atoms with Crippen LogP contribution in [0.25, 0.3) is 16.7 Å². The molecule has 5 nitrogen and oxygen atoms in total. The van der Waals surface area contributed by atoms with E-state index in [0.29, 0.717) is 22.8 Å². The zero-order chi connectivity index (χ0) is 17.6. The number of nitrogens with one attached hydrogen (secondary N) is 1. The smallest absolute Gasteiger partial charge is 0.337 e. The molecule has 0 aliphatic rings. The van der Waals surface area contributed by atoms with Gasteiger partial charge in [-0.15, -0.1) is 10.2 Å². The third-order valence-corrected chi connectivity index (χ3v) is 3.84. The molecule has 4 aromatic rings. The first-order chi connectivity index (χ1) is 11.9. The molecule has 0 amide bonds. The second-order valence-corrected chi connectivity index (χ2v) is 5.56. The minimum absolute atomic E-state index is 0.278. The van der Waals surface area contributed by atoms with Gasteiger partial charge in [-0.25, -0.2) is 4.98 Å². The van der Waals surface area contributed by atoms with Gasteiger partial charge in [0.05, 0.1) is 16.6 Å². The third-order valence-electron chi connectivity index (χ3n) is 3.84. The Morgan fingerprint density at radius 3 is 2.60 bits per heavy atom. The average Bonchev–Trinajstić information content (AvgIpc) is 2.97. The van der Waals surface area contributed by atoms with Crippen molar-refractivity contribution in [3.63, 3.8) is 0 Å². The average molecular weight is 343 g/mol. The lowest BCUT2D eigenvalue weighted by Crippen LogP contribution is -2.06. The van der Waals surface area contributed by atoms with Crippen LogP contribution in [0.15, 0.2) is 48.5 Å². The van der Waals surface area contributed by atoms with Crippen molar-refractivity contribution in [2.45, 2.75) is 13.1 Å². The minimum atomic E-state index is -4.41. The van der Waals surface area contributed by atoms with Crippen LogP contribution in [0.4, 0.5) is 24.7 Å². The van der Waals surface area contributed by atoms with E-state index in [1.807, 2.05) is 28.7 Å². The summed E-state index contributed by atoms with van der Waals surface area (Å²) < 4.78 is 40.5. The third kappa shape index (κ3) is 2.65. The van der Waals surface area contributed by atoms with Crippen LogP contribution < -0.4 is 5.32 Å². The van der Waals surface area contributed by atoms with Crippen LogP contribution >= 0.6 is 0 Å². The topological polar surface area (TPSA) is 55.1 Å². The van der Waals surface area contributed by atoms with Crippen molar-refractivity contribution < 1.29 is 13.2 Å². The molecule has 0 bridgehead atoms. The van der Waals surface area contributed by atoms with E-state index < -0.39 is 11.7 Å². The normalized spacial score (nSPS) is 12.0. The number of hydrogen-bond acceptors (Lipinski definition) is 4. The highest BCUT2D eigenvalue weighted by Gasteiger charge is 2.30. The van der Waals surface area contributed by atoms with Gasteiger partial charge in [-0.05, 0) is 37.3 Å². The van der Waals surface area contributed by atoms with Gasteiger partial charge in [-0.3, -0.25) is 4.40 Å². The van der Waals surface area contributed by atoms with Crippen LogP contribution in [0.5, 0.6) is 0 Å². The Morgan fingerprint density at radius 2 is 1.80 bits per heavy atom. The molecule has 25 heavy (non-hydrogen) atoms. The predicted molar refractivity (Wildman–Crippen MR) is 87.8 cm³/mol.